The highest BCUT2D eigenvalue weighted by atomic mass is 16.6. The molecule has 1 aromatic carbocycles. The van der Waals surface area contributed by atoms with Crippen LogP contribution in [0.15, 0.2) is 41.1 Å². The number of amides is 1. The smallest absolute Gasteiger partial charge is 0.410 e. The van der Waals surface area contributed by atoms with E-state index in [9.17, 15) is 20.6 Å². The molecule has 0 aromatic heterocycles. The van der Waals surface area contributed by atoms with Crippen LogP contribution >= 0.6 is 0 Å². The van der Waals surface area contributed by atoms with Crippen LogP contribution in [0.1, 0.15) is 45.6 Å². The predicted molar refractivity (Wildman–Crippen MR) is 131 cm³/mol. The first-order chi connectivity index (χ1) is 17.1. The van der Waals surface area contributed by atoms with Gasteiger partial charge in [-0.15, -0.1) is 0 Å². The van der Waals surface area contributed by atoms with E-state index in [1.54, 1.807) is 45.0 Å². The molecule has 1 aromatic rings. The van der Waals surface area contributed by atoms with Gasteiger partial charge in [0.2, 0.25) is 0 Å². The summed E-state index contributed by atoms with van der Waals surface area (Å²) in [5.41, 5.74) is 5.10. The van der Waals surface area contributed by atoms with Gasteiger partial charge in [0.25, 0.3) is 0 Å². The van der Waals surface area contributed by atoms with Crippen molar-refractivity contribution in [3.63, 3.8) is 0 Å². The van der Waals surface area contributed by atoms with Crippen LogP contribution in [0.2, 0.25) is 0 Å². The number of hydrogen-bond donors (Lipinski definition) is 1. The Morgan fingerprint density at radius 2 is 1.92 bits per heavy atom. The number of carbonyl (C=O) groups is 1. The van der Waals surface area contributed by atoms with Crippen LogP contribution in [0.3, 0.4) is 0 Å². The van der Waals surface area contributed by atoms with Crippen LogP contribution < -0.4 is 15.2 Å². The Hall–Kier alpha value is -4.16. The molecular weight excluding hydrogens is 458 g/mol. The van der Waals surface area contributed by atoms with Gasteiger partial charge < -0.3 is 24.8 Å². The standard InChI is InChI=1S/C27H31N5O4/c1-6-11-35-21-8-7-17(12-22(21)34-5)23-20-14-32(25(33)36-26(2,3)4)10-9-18(20)19(13-28)24(31)27(23,15-29)16-30/h7-9,12,20,23H,6,10-11,14,31H2,1-5H3/t20-,23+/m0/s1. The number of nitrogens with two attached hydrogens (primary N) is 1. The summed E-state index contributed by atoms with van der Waals surface area (Å²) in [6, 6.07) is 11.5. The first kappa shape index (κ1) is 26.4. The average Bonchev–Trinajstić information content (AvgIpc) is 2.85. The molecule has 9 heteroatoms. The second-order valence-electron chi connectivity index (χ2n) is 9.82. The lowest BCUT2D eigenvalue weighted by atomic mass is 9.58. The van der Waals surface area contributed by atoms with Crippen LogP contribution in [-0.4, -0.2) is 43.4 Å². The van der Waals surface area contributed by atoms with Gasteiger partial charge in [0.05, 0.1) is 37.1 Å². The number of hydrogen-bond acceptors (Lipinski definition) is 8. The van der Waals surface area contributed by atoms with Gasteiger partial charge in [0, 0.05) is 24.9 Å². The van der Waals surface area contributed by atoms with Gasteiger partial charge in [0.15, 0.2) is 16.9 Å². The molecule has 0 spiro atoms. The third kappa shape index (κ3) is 4.68. The molecule has 1 aliphatic heterocycles. The van der Waals surface area contributed by atoms with E-state index >= 15 is 0 Å². The fourth-order valence-corrected chi connectivity index (χ4v) is 4.74. The summed E-state index contributed by atoms with van der Waals surface area (Å²) in [7, 11) is 1.51. The summed E-state index contributed by atoms with van der Waals surface area (Å²) in [6.07, 6.45) is 2.05. The molecule has 1 aliphatic carbocycles. The highest BCUT2D eigenvalue weighted by Crippen LogP contribution is 2.55. The lowest BCUT2D eigenvalue weighted by molar-refractivity contribution is 0.0224. The van der Waals surface area contributed by atoms with E-state index in [4.69, 9.17) is 19.9 Å². The van der Waals surface area contributed by atoms with Crippen molar-refractivity contribution in [1.82, 2.24) is 4.90 Å². The zero-order valence-corrected chi connectivity index (χ0v) is 21.3. The summed E-state index contributed by atoms with van der Waals surface area (Å²) >= 11 is 0. The molecular formula is C27H31N5O4. The fraction of sp³-hybridized carbons (Fsp3) is 0.481. The first-order valence-electron chi connectivity index (χ1n) is 11.8. The van der Waals surface area contributed by atoms with E-state index < -0.39 is 28.9 Å². The van der Waals surface area contributed by atoms with Gasteiger partial charge in [-0.25, -0.2) is 4.79 Å². The van der Waals surface area contributed by atoms with Crippen molar-refractivity contribution in [3.8, 4) is 29.7 Å². The molecule has 2 aliphatic rings. The molecule has 0 saturated carbocycles. The van der Waals surface area contributed by atoms with Crippen molar-refractivity contribution in [3.05, 3.63) is 46.7 Å². The molecule has 2 atom stereocenters. The SMILES string of the molecule is CCCOc1ccc([C@@H]2[C@H]3CN(C(=O)OC(C)(C)C)CC=C3C(C#N)=C(N)C2(C#N)C#N)cc1OC. The van der Waals surface area contributed by atoms with E-state index in [1.807, 2.05) is 6.92 Å². The van der Waals surface area contributed by atoms with Gasteiger partial charge in [-0.1, -0.05) is 19.1 Å². The number of nitriles is 3. The lowest BCUT2D eigenvalue weighted by Crippen LogP contribution is -2.50. The maximum atomic E-state index is 12.9. The summed E-state index contributed by atoms with van der Waals surface area (Å²) in [4.78, 5) is 14.4. The van der Waals surface area contributed by atoms with Crippen LogP contribution in [0.25, 0.3) is 0 Å². The maximum absolute atomic E-state index is 12.9. The van der Waals surface area contributed by atoms with E-state index in [0.29, 0.717) is 29.2 Å². The molecule has 1 amide bonds. The van der Waals surface area contributed by atoms with Crippen LogP contribution in [-0.2, 0) is 4.74 Å². The van der Waals surface area contributed by atoms with Crippen molar-refractivity contribution in [2.24, 2.45) is 17.1 Å². The maximum Gasteiger partial charge on any atom is 0.410 e. The molecule has 36 heavy (non-hydrogen) atoms. The molecule has 3 rings (SSSR count). The quantitative estimate of drug-likeness (QED) is 0.649. The van der Waals surface area contributed by atoms with Gasteiger partial charge >= 0.3 is 6.09 Å². The lowest BCUT2D eigenvalue weighted by Gasteiger charge is -2.45. The van der Waals surface area contributed by atoms with Gasteiger partial charge in [0.1, 0.15) is 11.7 Å². The summed E-state index contributed by atoms with van der Waals surface area (Å²) < 4.78 is 16.9. The van der Waals surface area contributed by atoms with Gasteiger partial charge in [-0.05, 0) is 50.5 Å². The third-order valence-electron chi connectivity index (χ3n) is 6.32. The van der Waals surface area contributed by atoms with Gasteiger partial charge in [-0.2, -0.15) is 15.8 Å². The summed E-state index contributed by atoms with van der Waals surface area (Å²) in [6.45, 7) is 8.19. The Labute approximate surface area is 211 Å². The zero-order valence-electron chi connectivity index (χ0n) is 21.3. The normalized spacial score (nSPS) is 20.7. The molecule has 1 heterocycles. The summed E-state index contributed by atoms with van der Waals surface area (Å²) in [5, 5.41) is 30.5. The predicted octanol–water partition coefficient (Wildman–Crippen LogP) is 4.14. The second-order valence-corrected chi connectivity index (χ2v) is 9.82. The molecule has 188 valence electrons. The number of carbonyl (C=O) groups excluding carboxylic acids is 1. The third-order valence-corrected chi connectivity index (χ3v) is 6.32. The number of methoxy groups -OCH3 is 1. The minimum Gasteiger partial charge on any atom is -0.493 e. The minimum absolute atomic E-state index is 0.0847. The number of fused-ring (bicyclic) bond motifs is 1. The van der Waals surface area contributed by atoms with Crippen molar-refractivity contribution in [2.75, 3.05) is 26.8 Å². The van der Waals surface area contributed by atoms with Crippen molar-refractivity contribution in [1.29, 1.82) is 15.8 Å². The average molecular weight is 490 g/mol. The highest BCUT2D eigenvalue weighted by molar-refractivity contribution is 5.70. The second kappa shape index (κ2) is 10.2. The number of ether oxygens (including phenoxy) is 3. The van der Waals surface area contributed by atoms with Crippen LogP contribution in [0.5, 0.6) is 11.5 Å². The Kier molecular flexibility index (Phi) is 7.51. The van der Waals surface area contributed by atoms with E-state index in [2.05, 4.69) is 18.2 Å². The topological polar surface area (TPSA) is 145 Å². The molecule has 2 N–H and O–H groups in total. The Morgan fingerprint density at radius 3 is 2.47 bits per heavy atom. The number of benzene rings is 1. The number of rotatable bonds is 5. The number of allylic oxidation sites excluding steroid dienone is 2. The molecule has 0 fully saturated rings. The molecule has 9 nitrogen and oxygen atoms in total. The monoisotopic (exact) mass is 489 g/mol. The highest BCUT2D eigenvalue weighted by Gasteiger charge is 2.55. The fourth-order valence-electron chi connectivity index (χ4n) is 4.74. The Balaban J connectivity index is 2.19. The first-order valence-corrected chi connectivity index (χ1v) is 11.8. The molecule has 0 saturated heterocycles. The van der Waals surface area contributed by atoms with Crippen molar-refractivity contribution < 1.29 is 19.0 Å². The van der Waals surface area contributed by atoms with E-state index in [-0.39, 0.29) is 24.4 Å². The van der Waals surface area contributed by atoms with Crippen LogP contribution in [0, 0.1) is 45.3 Å². The molecule has 0 bridgehead atoms. The Bertz CT molecular complexity index is 1210. The van der Waals surface area contributed by atoms with E-state index in [1.165, 1.54) is 12.0 Å². The Morgan fingerprint density at radius 1 is 1.22 bits per heavy atom. The molecule has 0 radical (unpaired) electrons. The molecule has 0 unspecified atom stereocenters. The largest absolute Gasteiger partial charge is 0.493 e. The van der Waals surface area contributed by atoms with Gasteiger partial charge in [-0.3, -0.25) is 0 Å². The van der Waals surface area contributed by atoms with Crippen molar-refractivity contribution >= 4 is 6.09 Å². The number of nitrogens with zero attached hydrogens (tertiary/aromatic N) is 4. The summed E-state index contributed by atoms with van der Waals surface area (Å²) in [5.74, 6) is -0.353. The van der Waals surface area contributed by atoms with E-state index in [0.717, 1.165) is 6.42 Å². The van der Waals surface area contributed by atoms with Crippen molar-refractivity contribution in [2.45, 2.75) is 45.6 Å². The van der Waals surface area contributed by atoms with Crippen LogP contribution in [0.4, 0.5) is 4.79 Å². The zero-order chi connectivity index (χ0) is 26.7. The minimum atomic E-state index is -1.83.